The number of halogens is 1. The van der Waals surface area contributed by atoms with Gasteiger partial charge in [0.1, 0.15) is 11.4 Å². The fraction of sp³-hybridized carbons (Fsp3) is 0.125. The summed E-state index contributed by atoms with van der Waals surface area (Å²) in [5.74, 6) is 7.41. The highest BCUT2D eigenvalue weighted by Gasteiger charge is 2.19. The van der Waals surface area contributed by atoms with Crippen LogP contribution >= 0.6 is 11.6 Å². The quantitative estimate of drug-likeness (QED) is 0.302. The fourth-order valence-electron chi connectivity index (χ4n) is 4.10. The van der Waals surface area contributed by atoms with E-state index < -0.39 is 11.8 Å². The van der Waals surface area contributed by atoms with E-state index in [2.05, 4.69) is 37.7 Å². The van der Waals surface area contributed by atoms with Gasteiger partial charge in [-0.15, -0.1) is 6.42 Å². The van der Waals surface area contributed by atoms with Crippen LogP contribution in [-0.2, 0) is 0 Å². The molecule has 10 nitrogen and oxygen atoms in total. The van der Waals surface area contributed by atoms with Crippen molar-refractivity contribution in [2.75, 3.05) is 0 Å². The van der Waals surface area contributed by atoms with Crippen molar-refractivity contribution in [3.05, 3.63) is 117 Å². The number of rotatable bonds is 4. The third kappa shape index (κ3) is 6.79. The average molecular weight is 591 g/mol. The maximum absolute atomic E-state index is 11.8. The smallest absolute Gasteiger partial charge is 0.285 e. The molecule has 0 aliphatic carbocycles. The molecule has 0 saturated carbocycles. The standard InChI is InChI=1S/C19H15ClN4O.C13H12N4O/c1-12-6-8-16(11-22-12)24-13(2)17(23-19(24)18(21)25)9-7-14-4-3-5-15(20)10-14;1-4-11-9(3)17(13(16-11)12(14)18)10-6-5-8(2)15-7-10/h3-6,8,10-11H,1-2H3,(H2,21,25);1,5-7H,2-3H3,(H2,14,18). The summed E-state index contributed by atoms with van der Waals surface area (Å²) in [6.45, 7) is 7.39. The molecule has 0 aliphatic heterocycles. The van der Waals surface area contributed by atoms with E-state index >= 15 is 0 Å². The molecule has 43 heavy (non-hydrogen) atoms. The van der Waals surface area contributed by atoms with E-state index in [4.69, 9.17) is 29.5 Å². The Balaban J connectivity index is 0.000000208. The van der Waals surface area contributed by atoms with Gasteiger partial charge < -0.3 is 11.5 Å². The second-order valence-corrected chi connectivity index (χ2v) is 9.79. The number of hydrogen-bond donors (Lipinski definition) is 2. The largest absolute Gasteiger partial charge is 0.363 e. The normalized spacial score (nSPS) is 10.1. The Hall–Kier alpha value is -5.71. The van der Waals surface area contributed by atoms with E-state index in [9.17, 15) is 9.59 Å². The third-order valence-corrected chi connectivity index (χ3v) is 6.49. The minimum Gasteiger partial charge on any atom is -0.363 e. The first kappa shape index (κ1) is 30.3. The topological polar surface area (TPSA) is 148 Å². The minimum absolute atomic E-state index is 0.117. The Morgan fingerprint density at radius 3 is 1.72 bits per heavy atom. The van der Waals surface area contributed by atoms with Crippen molar-refractivity contribution in [2.45, 2.75) is 27.7 Å². The Labute approximate surface area is 253 Å². The fourth-order valence-corrected chi connectivity index (χ4v) is 4.29. The number of pyridine rings is 2. The Morgan fingerprint density at radius 1 is 0.767 bits per heavy atom. The maximum atomic E-state index is 11.8. The molecular weight excluding hydrogens is 564 g/mol. The van der Waals surface area contributed by atoms with Crippen molar-refractivity contribution in [1.29, 1.82) is 0 Å². The van der Waals surface area contributed by atoms with Crippen molar-refractivity contribution in [3.63, 3.8) is 0 Å². The Morgan fingerprint density at radius 2 is 1.28 bits per heavy atom. The highest BCUT2D eigenvalue weighted by Crippen LogP contribution is 2.19. The molecule has 0 radical (unpaired) electrons. The van der Waals surface area contributed by atoms with E-state index in [1.54, 1.807) is 40.6 Å². The highest BCUT2D eigenvalue weighted by atomic mass is 35.5. The summed E-state index contributed by atoms with van der Waals surface area (Å²) >= 11 is 5.97. The zero-order chi connectivity index (χ0) is 31.3. The predicted molar refractivity (Wildman–Crippen MR) is 164 cm³/mol. The maximum Gasteiger partial charge on any atom is 0.285 e. The van der Waals surface area contributed by atoms with Crippen LogP contribution in [0.15, 0.2) is 60.9 Å². The number of benzene rings is 1. The van der Waals surface area contributed by atoms with Gasteiger partial charge in [0.2, 0.25) is 11.6 Å². The van der Waals surface area contributed by atoms with Crippen molar-refractivity contribution < 1.29 is 9.59 Å². The summed E-state index contributed by atoms with van der Waals surface area (Å²) < 4.78 is 3.28. The van der Waals surface area contributed by atoms with Gasteiger partial charge in [0.05, 0.1) is 35.2 Å². The summed E-state index contributed by atoms with van der Waals surface area (Å²) in [4.78, 5) is 40.0. The summed E-state index contributed by atoms with van der Waals surface area (Å²) in [6.07, 6.45) is 8.66. The van der Waals surface area contributed by atoms with Crippen LogP contribution in [0, 0.1) is 51.9 Å². The SMILES string of the molecule is C#Cc1nc(C(N)=O)n(-c2ccc(C)nc2)c1C.Cc1ccc(-n2c(C(N)=O)nc(C#Cc3cccc(Cl)c3)c2C)cn1. The predicted octanol–water partition coefficient (Wildman–Crippen LogP) is 4.00. The van der Waals surface area contributed by atoms with Gasteiger partial charge >= 0.3 is 0 Å². The van der Waals surface area contributed by atoms with Crippen LogP contribution in [0.5, 0.6) is 0 Å². The van der Waals surface area contributed by atoms with Gasteiger partial charge in [0.25, 0.3) is 11.8 Å². The molecule has 0 atom stereocenters. The van der Waals surface area contributed by atoms with E-state index in [-0.39, 0.29) is 11.6 Å². The van der Waals surface area contributed by atoms with Crippen LogP contribution in [0.1, 0.15) is 61.0 Å². The van der Waals surface area contributed by atoms with E-state index in [0.29, 0.717) is 39.2 Å². The molecule has 214 valence electrons. The van der Waals surface area contributed by atoms with Crippen molar-refractivity contribution in [3.8, 4) is 35.6 Å². The van der Waals surface area contributed by atoms with E-state index in [1.807, 2.05) is 57.2 Å². The molecular formula is C32H27ClN8O2. The lowest BCUT2D eigenvalue weighted by Crippen LogP contribution is -2.18. The van der Waals surface area contributed by atoms with Crippen LogP contribution in [-0.4, -0.2) is 40.9 Å². The van der Waals surface area contributed by atoms with Gasteiger partial charge in [-0.3, -0.25) is 28.7 Å². The number of carbonyl (C=O) groups is 2. The van der Waals surface area contributed by atoms with Gasteiger partial charge in [-0.25, -0.2) is 9.97 Å². The summed E-state index contributed by atoms with van der Waals surface area (Å²) in [5.41, 5.74) is 17.0. The molecule has 0 spiro atoms. The molecule has 5 aromatic rings. The lowest BCUT2D eigenvalue weighted by Gasteiger charge is -2.07. The van der Waals surface area contributed by atoms with E-state index in [0.717, 1.165) is 17.0 Å². The lowest BCUT2D eigenvalue weighted by atomic mass is 10.2. The zero-order valence-corrected chi connectivity index (χ0v) is 24.6. The number of primary amides is 2. The first-order valence-corrected chi connectivity index (χ1v) is 13.3. The molecule has 1 aromatic carbocycles. The molecule has 0 saturated heterocycles. The van der Waals surface area contributed by atoms with Crippen LogP contribution in [0.2, 0.25) is 5.02 Å². The van der Waals surface area contributed by atoms with Crippen LogP contribution in [0.4, 0.5) is 0 Å². The molecule has 0 aliphatic rings. The van der Waals surface area contributed by atoms with E-state index in [1.165, 1.54) is 0 Å². The average Bonchev–Trinajstić information content (AvgIpc) is 3.50. The molecule has 0 bridgehead atoms. The second kappa shape index (κ2) is 12.9. The Bertz CT molecular complexity index is 1940. The molecule has 4 aromatic heterocycles. The number of nitrogens with two attached hydrogens (primary N) is 2. The molecule has 4 N–H and O–H groups in total. The van der Waals surface area contributed by atoms with Crippen molar-refractivity contribution >= 4 is 23.4 Å². The first-order valence-electron chi connectivity index (χ1n) is 12.9. The van der Waals surface area contributed by atoms with Gasteiger partial charge in [-0.1, -0.05) is 23.6 Å². The second-order valence-electron chi connectivity index (χ2n) is 9.36. The molecule has 11 heteroatoms. The molecule has 5 rings (SSSR count). The molecule has 2 amide bonds. The summed E-state index contributed by atoms with van der Waals surface area (Å²) in [6, 6.07) is 14.6. The number of hydrogen-bond acceptors (Lipinski definition) is 6. The number of aromatic nitrogens is 6. The molecule has 0 fully saturated rings. The first-order chi connectivity index (χ1) is 20.5. The van der Waals surface area contributed by atoms with Crippen LogP contribution < -0.4 is 11.5 Å². The van der Waals surface area contributed by atoms with Gasteiger partial charge in [-0.05, 0) is 82.0 Å². The number of carbonyl (C=O) groups excluding carboxylic acids is 2. The third-order valence-electron chi connectivity index (χ3n) is 6.25. The summed E-state index contributed by atoms with van der Waals surface area (Å²) in [7, 11) is 0. The lowest BCUT2D eigenvalue weighted by molar-refractivity contribution is 0.0980. The van der Waals surface area contributed by atoms with Crippen molar-refractivity contribution in [1.82, 2.24) is 29.1 Å². The van der Waals surface area contributed by atoms with Crippen LogP contribution in [0.25, 0.3) is 11.4 Å². The Kier molecular flexibility index (Phi) is 9.05. The minimum atomic E-state index is -0.625. The number of terminal acetylenes is 1. The van der Waals surface area contributed by atoms with Gasteiger partial charge in [0, 0.05) is 22.0 Å². The number of aryl methyl sites for hydroxylation is 2. The number of imidazole rings is 2. The van der Waals surface area contributed by atoms with Crippen LogP contribution in [0.3, 0.4) is 0 Å². The zero-order valence-electron chi connectivity index (χ0n) is 23.9. The van der Waals surface area contributed by atoms with Gasteiger partial charge in [0.15, 0.2) is 0 Å². The molecule has 4 heterocycles. The highest BCUT2D eigenvalue weighted by molar-refractivity contribution is 6.30. The van der Waals surface area contributed by atoms with Crippen molar-refractivity contribution in [2.24, 2.45) is 11.5 Å². The molecule has 0 unspecified atom stereocenters. The monoisotopic (exact) mass is 590 g/mol. The number of nitrogens with zero attached hydrogens (tertiary/aromatic N) is 6. The number of amides is 2. The summed E-state index contributed by atoms with van der Waals surface area (Å²) in [5, 5.41) is 0.609. The van der Waals surface area contributed by atoms with Gasteiger partial charge in [-0.2, -0.15) is 0 Å².